The zero-order valence-electron chi connectivity index (χ0n) is 18.4. The van der Waals surface area contributed by atoms with Crippen molar-refractivity contribution >= 4 is 21.9 Å². The van der Waals surface area contributed by atoms with Crippen LogP contribution in [-0.2, 0) is 27.8 Å². The summed E-state index contributed by atoms with van der Waals surface area (Å²) in [6.07, 6.45) is 5.94. The van der Waals surface area contributed by atoms with E-state index in [0.29, 0.717) is 19.4 Å². The third-order valence-electron chi connectivity index (χ3n) is 6.71. The zero-order chi connectivity index (χ0) is 23.4. The van der Waals surface area contributed by atoms with Crippen LogP contribution in [-0.4, -0.2) is 51.2 Å². The number of carbonyl (C=O) groups is 1. The van der Waals surface area contributed by atoms with Crippen LogP contribution in [0, 0.1) is 11.2 Å². The zero-order valence-corrected chi connectivity index (χ0v) is 19.2. The van der Waals surface area contributed by atoms with Crippen molar-refractivity contribution in [3.8, 4) is 5.69 Å². The average Bonchev–Trinajstić information content (AvgIpc) is 3.44. The fourth-order valence-electron chi connectivity index (χ4n) is 4.88. The molecule has 5 rings (SSSR count). The molecular weight excluding hydrogens is 445 g/mol. The summed E-state index contributed by atoms with van der Waals surface area (Å²) in [6.45, 7) is 4.15. The Bertz CT molecular complexity index is 1370. The lowest BCUT2D eigenvalue weighted by Gasteiger charge is -2.44. The molecule has 8 nitrogen and oxygen atoms in total. The summed E-state index contributed by atoms with van der Waals surface area (Å²) < 4.78 is 44.8. The highest BCUT2D eigenvalue weighted by Crippen LogP contribution is 2.45. The maximum atomic E-state index is 13.4. The van der Waals surface area contributed by atoms with Crippen molar-refractivity contribution in [2.24, 2.45) is 5.41 Å². The lowest BCUT2D eigenvalue weighted by Crippen LogP contribution is -2.52. The van der Waals surface area contributed by atoms with Crippen LogP contribution in [0.3, 0.4) is 0 Å². The Balaban J connectivity index is 1.53. The number of benzene rings is 1. The molecule has 0 spiro atoms. The molecule has 3 heterocycles. The number of hydrogen-bond acceptors (Lipinski definition) is 5. The number of aromatic nitrogens is 4. The molecule has 1 fully saturated rings. The van der Waals surface area contributed by atoms with E-state index in [4.69, 9.17) is 0 Å². The molecule has 172 valence electrons. The Morgan fingerprint density at radius 3 is 2.64 bits per heavy atom. The third kappa shape index (κ3) is 3.36. The molecule has 0 saturated carbocycles. The van der Waals surface area contributed by atoms with Crippen LogP contribution in [0.1, 0.15) is 31.5 Å². The van der Waals surface area contributed by atoms with Crippen molar-refractivity contribution < 1.29 is 17.6 Å². The molecule has 33 heavy (non-hydrogen) atoms. The van der Waals surface area contributed by atoms with Gasteiger partial charge in [-0.3, -0.25) is 9.48 Å². The normalized spacial score (nSPS) is 20.8. The predicted octanol–water partition coefficient (Wildman–Crippen LogP) is 2.84. The Morgan fingerprint density at radius 2 is 1.94 bits per heavy atom. The van der Waals surface area contributed by atoms with Gasteiger partial charge in [0.05, 0.1) is 29.2 Å². The van der Waals surface area contributed by atoms with E-state index in [9.17, 15) is 17.6 Å². The van der Waals surface area contributed by atoms with Gasteiger partial charge < -0.3 is 0 Å². The molecule has 10 heteroatoms. The van der Waals surface area contributed by atoms with Gasteiger partial charge in [-0.1, -0.05) is 5.57 Å². The maximum Gasteiger partial charge on any atom is 0.260 e. The molecule has 3 aromatic rings. The second kappa shape index (κ2) is 7.74. The van der Waals surface area contributed by atoms with E-state index in [1.807, 2.05) is 13.0 Å². The Kier molecular flexibility index (Phi) is 5.09. The quantitative estimate of drug-likeness (QED) is 0.573. The average molecular weight is 470 g/mol. The molecule has 0 unspecified atom stereocenters. The summed E-state index contributed by atoms with van der Waals surface area (Å²) in [6, 6.07) is 7.56. The number of nitrogens with zero attached hydrogens (tertiary/aromatic N) is 5. The second-order valence-electron chi connectivity index (χ2n) is 8.50. The minimum atomic E-state index is -3.80. The van der Waals surface area contributed by atoms with Crippen molar-refractivity contribution in [3.63, 3.8) is 0 Å². The molecule has 2 aliphatic rings. The molecule has 1 atom stereocenters. The monoisotopic (exact) mass is 469 g/mol. The lowest BCUT2D eigenvalue weighted by atomic mass is 9.66. The first-order chi connectivity index (χ1) is 15.8. The number of hydrogen-bond donors (Lipinski definition) is 0. The van der Waals surface area contributed by atoms with Gasteiger partial charge in [0.25, 0.3) is 10.0 Å². The van der Waals surface area contributed by atoms with Crippen LogP contribution in [0.4, 0.5) is 4.39 Å². The fourth-order valence-corrected chi connectivity index (χ4v) is 6.54. The standard InChI is InChI=1S/C23H24FN5O3S/c1-3-28-22(8-10-25-28)33(31,32)27-11-9-18-12-21-17(13-23(18,15-27)16(2)30)14-26-29(21)20-6-4-19(24)5-7-20/h4-8,10,12,14H,3,9,11,13,15H2,1-2H3/t23-/m1/s1. The number of aryl methyl sites for hydroxylation is 1. The van der Waals surface area contributed by atoms with Gasteiger partial charge in [0.2, 0.25) is 0 Å². The van der Waals surface area contributed by atoms with Crippen molar-refractivity contribution in [3.05, 3.63) is 65.4 Å². The third-order valence-corrected chi connectivity index (χ3v) is 8.57. The molecular formula is C23H24FN5O3S. The van der Waals surface area contributed by atoms with Gasteiger partial charge in [-0.25, -0.2) is 17.5 Å². The summed E-state index contributed by atoms with van der Waals surface area (Å²) in [5.41, 5.74) is 2.39. The SMILES string of the molecule is CCn1nccc1S(=O)(=O)N1CCC2=Cc3c(cnn3-c3ccc(F)cc3)C[C@]2(C(C)=O)C1. The maximum absolute atomic E-state index is 13.4. The van der Waals surface area contributed by atoms with Crippen LogP contribution in [0.5, 0.6) is 0 Å². The topological polar surface area (TPSA) is 90.1 Å². The number of carbonyl (C=O) groups excluding carboxylic acids is 1. The molecule has 1 aliphatic heterocycles. The van der Waals surface area contributed by atoms with Gasteiger partial charge in [-0.15, -0.1) is 0 Å². The first kappa shape index (κ1) is 21.7. The van der Waals surface area contributed by atoms with Gasteiger partial charge in [0.15, 0.2) is 5.03 Å². The van der Waals surface area contributed by atoms with Crippen LogP contribution >= 0.6 is 0 Å². The van der Waals surface area contributed by atoms with Crippen LogP contribution in [0.15, 0.2) is 53.3 Å². The first-order valence-corrected chi connectivity index (χ1v) is 12.3. The molecule has 0 N–H and O–H groups in total. The molecule has 2 aromatic heterocycles. The van der Waals surface area contributed by atoms with E-state index in [1.54, 1.807) is 23.0 Å². The predicted molar refractivity (Wildman–Crippen MR) is 120 cm³/mol. The van der Waals surface area contributed by atoms with Gasteiger partial charge in [-0.2, -0.15) is 14.5 Å². The Labute approximate surface area is 191 Å². The minimum absolute atomic E-state index is 0.0715. The van der Waals surface area contributed by atoms with Gasteiger partial charge >= 0.3 is 0 Å². The van der Waals surface area contributed by atoms with E-state index in [1.165, 1.54) is 40.3 Å². The summed E-state index contributed by atoms with van der Waals surface area (Å²) in [7, 11) is -3.80. The summed E-state index contributed by atoms with van der Waals surface area (Å²) in [5.74, 6) is -0.399. The fraction of sp³-hybridized carbons (Fsp3) is 0.348. The number of rotatable bonds is 5. The van der Waals surface area contributed by atoms with E-state index in [2.05, 4.69) is 10.2 Å². The number of fused-ring (bicyclic) bond motifs is 2. The summed E-state index contributed by atoms with van der Waals surface area (Å²) in [5, 5.41) is 8.70. The lowest BCUT2D eigenvalue weighted by molar-refractivity contribution is -0.125. The highest BCUT2D eigenvalue weighted by atomic mass is 32.2. The molecule has 0 amide bonds. The molecule has 1 saturated heterocycles. The van der Waals surface area contributed by atoms with Crippen LogP contribution in [0.25, 0.3) is 11.8 Å². The molecule has 0 radical (unpaired) electrons. The number of sulfonamides is 1. The second-order valence-corrected chi connectivity index (χ2v) is 10.4. The van der Waals surface area contributed by atoms with E-state index in [0.717, 1.165) is 22.5 Å². The first-order valence-electron chi connectivity index (χ1n) is 10.8. The van der Waals surface area contributed by atoms with Crippen molar-refractivity contribution in [1.29, 1.82) is 0 Å². The molecule has 1 aromatic carbocycles. The van der Waals surface area contributed by atoms with Gasteiger partial charge in [-0.05, 0) is 68.7 Å². The van der Waals surface area contributed by atoms with E-state index < -0.39 is 15.4 Å². The van der Waals surface area contributed by atoms with Crippen LogP contribution < -0.4 is 0 Å². The minimum Gasteiger partial charge on any atom is -0.299 e. The van der Waals surface area contributed by atoms with Crippen molar-refractivity contribution in [2.45, 2.75) is 38.3 Å². The van der Waals surface area contributed by atoms with E-state index >= 15 is 0 Å². The number of Topliss-reactive ketones (excluding diaryl/α,β-unsaturated/α-hetero) is 1. The summed E-state index contributed by atoms with van der Waals surface area (Å²) in [4.78, 5) is 13.0. The van der Waals surface area contributed by atoms with Crippen molar-refractivity contribution in [2.75, 3.05) is 13.1 Å². The van der Waals surface area contributed by atoms with Crippen LogP contribution in [0.2, 0.25) is 0 Å². The highest BCUT2D eigenvalue weighted by Gasteiger charge is 2.49. The smallest absolute Gasteiger partial charge is 0.260 e. The highest BCUT2D eigenvalue weighted by molar-refractivity contribution is 7.89. The van der Waals surface area contributed by atoms with Gasteiger partial charge in [0, 0.05) is 19.6 Å². The number of piperidine rings is 1. The van der Waals surface area contributed by atoms with E-state index in [-0.39, 0.29) is 29.7 Å². The summed E-state index contributed by atoms with van der Waals surface area (Å²) >= 11 is 0. The van der Waals surface area contributed by atoms with Crippen molar-refractivity contribution in [1.82, 2.24) is 23.9 Å². The Hall–Kier alpha value is -3.11. The molecule has 0 bridgehead atoms. The van der Waals surface area contributed by atoms with Gasteiger partial charge in [0.1, 0.15) is 11.6 Å². The number of halogens is 1. The number of ketones is 1. The molecule has 1 aliphatic carbocycles. The Morgan fingerprint density at radius 1 is 1.18 bits per heavy atom. The largest absolute Gasteiger partial charge is 0.299 e.